The number of carbonyl (C=O) groups is 3. The molecular weight excluding hydrogens is 553 g/mol. The Kier molecular flexibility index (Phi) is 11.6. The topological polar surface area (TPSA) is 166 Å². The van der Waals surface area contributed by atoms with Gasteiger partial charge in [0.05, 0.1) is 12.5 Å². The Labute approximate surface area is 242 Å². The van der Waals surface area contributed by atoms with Crippen LogP contribution >= 0.6 is 0 Å². The van der Waals surface area contributed by atoms with Crippen molar-refractivity contribution < 1.29 is 32.3 Å². The van der Waals surface area contributed by atoms with Crippen molar-refractivity contribution in [3.8, 4) is 0 Å². The van der Waals surface area contributed by atoms with Gasteiger partial charge in [-0.15, -0.1) is 0 Å². The Morgan fingerprint density at radius 1 is 0.976 bits per heavy atom. The normalized spacial score (nSPS) is 15.7. The molecule has 0 heterocycles. The van der Waals surface area contributed by atoms with Gasteiger partial charge in [-0.25, -0.2) is 0 Å². The van der Waals surface area contributed by atoms with Gasteiger partial charge in [-0.2, -0.15) is 13.2 Å². The van der Waals surface area contributed by atoms with Crippen molar-refractivity contribution in [3.05, 3.63) is 65.8 Å². The first-order valence-corrected chi connectivity index (χ1v) is 13.5. The van der Waals surface area contributed by atoms with Crippen molar-refractivity contribution in [2.24, 2.45) is 17.2 Å². The monoisotopic (exact) mass is 590 g/mol. The summed E-state index contributed by atoms with van der Waals surface area (Å²) in [6, 6.07) is 10.0. The molecule has 3 amide bonds. The van der Waals surface area contributed by atoms with Gasteiger partial charge in [0.2, 0.25) is 17.7 Å². The maximum Gasteiger partial charge on any atom is 0.412 e. The zero-order valence-electron chi connectivity index (χ0n) is 23.3. The van der Waals surface area contributed by atoms with Gasteiger partial charge in [0.15, 0.2) is 0 Å². The van der Waals surface area contributed by atoms with E-state index in [0.29, 0.717) is 11.3 Å². The van der Waals surface area contributed by atoms with Gasteiger partial charge in [0, 0.05) is 44.5 Å². The van der Waals surface area contributed by atoms with Gasteiger partial charge in [0.1, 0.15) is 12.1 Å². The van der Waals surface area contributed by atoms with Gasteiger partial charge in [0.25, 0.3) is 0 Å². The van der Waals surface area contributed by atoms with Crippen LogP contribution in [0.15, 0.2) is 65.8 Å². The van der Waals surface area contributed by atoms with Crippen LogP contribution in [0.4, 0.5) is 18.9 Å². The number of anilines is 1. The molecule has 0 aliphatic heterocycles. The lowest BCUT2D eigenvalue weighted by molar-refractivity contribution is -0.135. The van der Waals surface area contributed by atoms with Crippen LogP contribution in [-0.4, -0.2) is 80.3 Å². The number of allylic oxidation sites excluding steroid dienone is 3. The molecule has 3 rings (SSSR count). The molecule has 13 heteroatoms. The number of amides is 3. The number of nitrogens with two attached hydrogens (primary N) is 3. The second kappa shape index (κ2) is 14.9. The van der Waals surface area contributed by atoms with Crippen molar-refractivity contribution in [2.45, 2.75) is 43.6 Å². The number of methoxy groups -OCH3 is 1. The SMILES string of the molecule is CO[C@H](C1=CC=C(C(F)(F)F)CC1)[C@H](NC(=O)[C@@H](N)CC(=O)N(CCN)CCN)C(=O)Nc1ccc2ccccc2c1. The number of alkyl halides is 3. The molecule has 2 aromatic carbocycles. The second-order valence-electron chi connectivity index (χ2n) is 9.89. The van der Waals surface area contributed by atoms with E-state index in [0.717, 1.165) is 16.8 Å². The van der Waals surface area contributed by atoms with Crippen LogP contribution in [0, 0.1) is 0 Å². The molecule has 0 fully saturated rings. The molecular formula is C29H37F3N6O4. The van der Waals surface area contributed by atoms with Gasteiger partial charge in [-0.1, -0.05) is 42.5 Å². The lowest BCUT2D eigenvalue weighted by atomic mass is 9.90. The Morgan fingerprint density at radius 3 is 2.21 bits per heavy atom. The molecule has 1 aliphatic carbocycles. The lowest BCUT2D eigenvalue weighted by Gasteiger charge is -2.31. The van der Waals surface area contributed by atoms with Crippen LogP contribution in [0.3, 0.4) is 0 Å². The number of halogens is 3. The number of hydrogen-bond acceptors (Lipinski definition) is 7. The van der Waals surface area contributed by atoms with Crippen LogP contribution < -0.4 is 27.8 Å². The zero-order valence-corrected chi connectivity index (χ0v) is 23.3. The summed E-state index contributed by atoms with van der Waals surface area (Å²) in [4.78, 5) is 40.9. The summed E-state index contributed by atoms with van der Waals surface area (Å²) in [7, 11) is 1.29. The minimum absolute atomic E-state index is 0.0445. The fourth-order valence-electron chi connectivity index (χ4n) is 4.74. The third kappa shape index (κ3) is 8.61. The molecule has 1 aliphatic rings. The highest BCUT2D eigenvalue weighted by molar-refractivity contribution is 6.00. The molecule has 0 bridgehead atoms. The predicted octanol–water partition coefficient (Wildman–Crippen LogP) is 1.95. The molecule has 0 spiro atoms. The summed E-state index contributed by atoms with van der Waals surface area (Å²) >= 11 is 0. The van der Waals surface area contributed by atoms with Crippen molar-refractivity contribution in [2.75, 3.05) is 38.6 Å². The van der Waals surface area contributed by atoms with Gasteiger partial charge >= 0.3 is 6.18 Å². The molecule has 10 nitrogen and oxygen atoms in total. The molecule has 0 aromatic heterocycles. The van der Waals surface area contributed by atoms with Crippen LogP contribution in [-0.2, 0) is 19.1 Å². The van der Waals surface area contributed by atoms with Gasteiger partial charge in [-0.05, 0) is 41.3 Å². The van der Waals surface area contributed by atoms with Crippen molar-refractivity contribution in [1.29, 1.82) is 0 Å². The maximum absolute atomic E-state index is 13.6. The van der Waals surface area contributed by atoms with Crippen LogP contribution in [0.25, 0.3) is 10.8 Å². The Bertz CT molecular complexity index is 1320. The summed E-state index contributed by atoms with van der Waals surface area (Å²) < 4.78 is 45.2. The average molecular weight is 591 g/mol. The van der Waals surface area contributed by atoms with E-state index in [1.807, 2.05) is 30.3 Å². The highest BCUT2D eigenvalue weighted by Gasteiger charge is 2.38. The van der Waals surface area contributed by atoms with Crippen molar-refractivity contribution in [3.63, 3.8) is 0 Å². The lowest BCUT2D eigenvalue weighted by Crippen LogP contribution is -2.56. The van der Waals surface area contributed by atoms with Crippen LogP contribution in [0.1, 0.15) is 19.3 Å². The minimum Gasteiger partial charge on any atom is -0.374 e. The molecule has 42 heavy (non-hydrogen) atoms. The largest absolute Gasteiger partial charge is 0.412 e. The van der Waals surface area contributed by atoms with Crippen LogP contribution in [0.2, 0.25) is 0 Å². The highest BCUT2D eigenvalue weighted by Crippen LogP contribution is 2.34. The molecule has 8 N–H and O–H groups in total. The first-order chi connectivity index (χ1) is 20.0. The van der Waals surface area contributed by atoms with Crippen molar-refractivity contribution in [1.82, 2.24) is 10.2 Å². The second-order valence-corrected chi connectivity index (χ2v) is 9.89. The van der Waals surface area contributed by atoms with E-state index in [2.05, 4.69) is 10.6 Å². The molecule has 0 saturated heterocycles. The Morgan fingerprint density at radius 2 is 1.64 bits per heavy atom. The summed E-state index contributed by atoms with van der Waals surface area (Å²) in [5.41, 5.74) is 17.3. The van der Waals surface area contributed by atoms with E-state index in [1.54, 1.807) is 12.1 Å². The van der Waals surface area contributed by atoms with E-state index >= 15 is 0 Å². The standard InChI is InChI=1S/C29H37F3N6O4/c1-42-26(19-6-9-21(10-7-19)29(30,31)32)25(28(41)36-22-11-8-18-4-2-3-5-20(18)16-22)37-27(40)23(35)17-24(39)38(14-12-33)15-13-34/h2-6,8-9,11,16,23,25-26H,7,10,12-15,17,33-35H2,1H3,(H,36,41)(H,37,40)/t23-,25-,26+/m0/s1. The third-order valence-corrected chi connectivity index (χ3v) is 6.95. The van der Waals surface area contributed by atoms with E-state index in [9.17, 15) is 27.6 Å². The Hall–Kier alpha value is -3.78. The summed E-state index contributed by atoms with van der Waals surface area (Å²) in [6.45, 7) is 0.849. The summed E-state index contributed by atoms with van der Waals surface area (Å²) in [5, 5.41) is 7.13. The fraction of sp³-hybridized carbons (Fsp3) is 0.414. The average Bonchev–Trinajstić information content (AvgIpc) is 2.96. The minimum atomic E-state index is -4.48. The number of rotatable bonds is 13. The highest BCUT2D eigenvalue weighted by atomic mass is 19.4. The molecule has 2 aromatic rings. The number of carbonyl (C=O) groups excluding carboxylic acids is 3. The number of fused-ring (bicyclic) bond motifs is 1. The quantitative estimate of drug-likeness (QED) is 0.238. The molecule has 0 saturated carbocycles. The van der Waals surface area contributed by atoms with E-state index in [4.69, 9.17) is 21.9 Å². The molecule has 228 valence electrons. The number of benzene rings is 2. The predicted molar refractivity (Wildman–Crippen MR) is 154 cm³/mol. The zero-order chi connectivity index (χ0) is 30.9. The van der Waals surface area contributed by atoms with Gasteiger partial charge < -0.3 is 37.5 Å². The summed E-state index contributed by atoms with van der Waals surface area (Å²) in [6.07, 6.45) is -4.13. The van der Waals surface area contributed by atoms with Gasteiger partial charge in [-0.3, -0.25) is 14.4 Å². The summed E-state index contributed by atoms with van der Waals surface area (Å²) in [5.74, 6) is -1.93. The van der Waals surface area contributed by atoms with Crippen molar-refractivity contribution >= 4 is 34.2 Å². The first-order valence-electron chi connectivity index (χ1n) is 13.5. The number of hydrogen-bond donors (Lipinski definition) is 5. The third-order valence-electron chi connectivity index (χ3n) is 6.95. The molecule has 3 atom stereocenters. The maximum atomic E-state index is 13.6. The van der Waals surface area contributed by atoms with E-state index < -0.39 is 47.7 Å². The molecule has 0 radical (unpaired) electrons. The first kappa shape index (κ1) is 32.7. The van der Waals surface area contributed by atoms with E-state index in [1.165, 1.54) is 18.1 Å². The van der Waals surface area contributed by atoms with E-state index in [-0.39, 0.29) is 45.4 Å². The molecule has 0 unspecified atom stereocenters. The number of nitrogens with zero attached hydrogens (tertiary/aromatic N) is 1. The smallest absolute Gasteiger partial charge is 0.374 e. The van der Waals surface area contributed by atoms with Crippen LogP contribution in [0.5, 0.6) is 0 Å². The number of ether oxygens (including phenoxy) is 1. The fourth-order valence-corrected chi connectivity index (χ4v) is 4.74. The Balaban J connectivity index is 1.86. The number of nitrogens with one attached hydrogen (secondary N) is 2.